The van der Waals surface area contributed by atoms with E-state index in [-0.39, 0.29) is 0 Å². The van der Waals surface area contributed by atoms with Crippen LogP contribution in [0.1, 0.15) is 62.7 Å². The quantitative estimate of drug-likeness (QED) is 0.782. The van der Waals surface area contributed by atoms with Crippen molar-refractivity contribution in [2.75, 3.05) is 0 Å². The van der Waals surface area contributed by atoms with Crippen molar-refractivity contribution in [2.45, 2.75) is 63.7 Å². The average Bonchev–Trinajstić information content (AvgIpc) is 2.64. The first-order valence-corrected chi connectivity index (χ1v) is 9.36. The van der Waals surface area contributed by atoms with Crippen LogP contribution in [0.3, 0.4) is 0 Å². The SMILES string of the molecule is CC(NC1CCCC[C@H]1N[C@@H](C)c1ccccc1)c1ccccc1. The van der Waals surface area contributed by atoms with E-state index in [1.807, 2.05) is 0 Å². The zero-order chi connectivity index (χ0) is 16.8. The first-order chi connectivity index (χ1) is 11.7. The van der Waals surface area contributed by atoms with Gasteiger partial charge in [-0.2, -0.15) is 0 Å². The van der Waals surface area contributed by atoms with Crippen LogP contribution in [0.2, 0.25) is 0 Å². The predicted octanol–water partition coefficient (Wildman–Crippen LogP) is 5.00. The zero-order valence-electron chi connectivity index (χ0n) is 14.9. The smallest absolute Gasteiger partial charge is 0.0295 e. The minimum atomic E-state index is 0.394. The number of nitrogens with one attached hydrogen (secondary N) is 2. The van der Waals surface area contributed by atoms with E-state index in [0.29, 0.717) is 24.2 Å². The molecule has 4 atom stereocenters. The lowest BCUT2D eigenvalue weighted by molar-refractivity contribution is 0.253. The van der Waals surface area contributed by atoms with E-state index in [9.17, 15) is 0 Å². The third kappa shape index (κ3) is 4.46. The summed E-state index contributed by atoms with van der Waals surface area (Å²) in [5, 5.41) is 7.76. The van der Waals surface area contributed by atoms with Crippen LogP contribution in [0.5, 0.6) is 0 Å². The first kappa shape index (κ1) is 17.2. The lowest BCUT2D eigenvalue weighted by Crippen LogP contribution is -2.51. The molecular weight excluding hydrogens is 292 g/mol. The highest BCUT2D eigenvalue weighted by Crippen LogP contribution is 2.24. The Hall–Kier alpha value is -1.64. The molecule has 0 heterocycles. The summed E-state index contributed by atoms with van der Waals surface area (Å²) in [6, 6.07) is 23.4. The number of hydrogen-bond donors (Lipinski definition) is 2. The molecule has 0 bridgehead atoms. The van der Waals surface area contributed by atoms with Gasteiger partial charge in [-0.25, -0.2) is 0 Å². The molecule has 2 N–H and O–H groups in total. The molecule has 0 spiro atoms. The van der Waals surface area contributed by atoms with Crippen molar-refractivity contribution >= 4 is 0 Å². The van der Waals surface area contributed by atoms with E-state index in [1.165, 1.54) is 36.8 Å². The topological polar surface area (TPSA) is 24.1 Å². The maximum absolute atomic E-state index is 3.88. The van der Waals surface area contributed by atoms with Gasteiger partial charge in [0.05, 0.1) is 0 Å². The number of hydrogen-bond acceptors (Lipinski definition) is 2. The Morgan fingerprint density at radius 1 is 0.667 bits per heavy atom. The molecule has 2 nitrogen and oxygen atoms in total. The molecule has 0 aromatic heterocycles. The third-order valence-electron chi connectivity index (χ3n) is 5.29. The number of benzene rings is 2. The maximum Gasteiger partial charge on any atom is 0.0295 e. The summed E-state index contributed by atoms with van der Waals surface area (Å²) in [4.78, 5) is 0. The van der Waals surface area contributed by atoms with Gasteiger partial charge in [-0.3, -0.25) is 0 Å². The second-order valence-corrected chi connectivity index (χ2v) is 7.10. The Morgan fingerprint density at radius 2 is 1.04 bits per heavy atom. The summed E-state index contributed by atoms with van der Waals surface area (Å²) in [5.74, 6) is 0. The molecule has 128 valence electrons. The Morgan fingerprint density at radius 3 is 1.42 bits per heavy atom. The van der Waals surface area contributed by atoms with Crippen LogP contribution in [0.15, 0.2) is 60.7 Å². The number of rotatable bonds is 6. The molecule has 1 fully saturated rings. The van der Waals surface area contributed by atoms with Crippen LogP contribution in [0.4, 0.5) is 0 Å². The molecule has 2 aromatic carbocycles. The van der Waals surface area contributed by atoms with Crippen LogP contribution in [-0.2, 0) is 0 Å². The molecular formula is C22H30N2. The summed E-state index contributed by atoms with van der Waals surface area (Å²) in [6.45, 7) is 4.56. The minimum Gasteiger partial charge on any atom is -0.306 e. The lowest BCUT2D eigenvalue weighted by Gasteiger charge is -2.37. The summed E-state index contributed by atoms with van der Waals surface area (Å²) >= 11 is 0. The van der Waals surface area contributed by atoms with E-state index in [4.69, 9.17) is 0 Å². The van der Waals surface area contributed by atoms with Crippen LogP contribution >= 0.6 is 0 Å². The minimum absolute atomic E-state index is 0.394. The molecule has 0 aliphatic heterocycles. The van der Waals surface area contributed by atoms with Crippen LogP contribution < -0.4 is 10.6 Å². The Balaban J connectivity index is 1.63. The molecule has 2 aromatic rings. The highest BCUT2D eigenvalue weighted by Gasteiger charge is 2.27. The van der Waals surface area contributed by atoms with E-state index in [1.54, 1.807) is 0 Å². The maximum atomic E-state index is 3.88. The molecule has 1 aliphatic carbocycles. The van der Waals surface area contributed by atoms with Gasteiger partial charge in [-0.15, -0.1) is 0 Å². The van der Waals surface area contributed by atoms with Crippen molar-refractivity contribution in [2.24, 2.45) is 0 Å². The van der Waals surface area contributed by atoms with Crippen molar-refractivity contribution in [3.05, 3.63) is 71.8 Å². The van der Waals surface area contributed by atoms with Crippen LogP contribution in [0.25, 0.3) is 0 Å². The molecule has 24 heavy (non-hydrogen) atoms. The van der Waals surface area contributed by atoms with Gasteiger partial charge in [0.25, 0.3) is 0 Å². The highest BCUT2D eigenvalue weighted by molar-refractivity contribution is 5.20. The van der Waals surface area contributed by atoms with Gasteiger partial charge in [0.1, 0.15) is 0 Å². The zero-order valence-corrected chi connectivity index (χ0v) is 14.9. The van der Waals surface area contributed by atoms with E-state index in [0.717, 1.165) is 0 Å². The van der Waals surface area contributed by atoms with Crippen molar-refractivity contribution in [1.82, 2.24) is 10.6 Å². The largest absolute Gasteiger partial charge is 0.306 e. The fourth-order valence-corrected chi connectivity index (χ4v) is 3.85. The van der Waals surface area contributed by atoms with Gasteiger partial charge in [-0.05, 0) is 37.8 Å². The van der Waals surface area contributed by atoms with Gasteiger partial charge < -0.3 is 10.6 Å². The summed E-state index contributed by atoms with van der Waals surface area (Å²) in [6.07, 6.45) is 5.18. The van der Waals surface area contributed by atoms with Crippen molar-refractivity contribution in [1.29, 1.82) is 0 Å². The third-order valence-corrected chi connectivity index (χ3v) is 5.29. The van der Waals surface area contributed by atoms with Gasteiger partial charge in [0.2, 0.25) is 0 Å². The van der Waals surface area contributed by atoms with E-state index < -0.39 is 0 Å². The van der Waals surface area contributed by atoms with Crippen molar-refractivity contribution in [3.63, 3.8) is 0 Å². The highest BCUT2D eigenvalue weighted by atomic mass is 15.1. The molecule has 2 heteroatoms. The van der Waals surface area contributed by atoms with Gasteiger partial charge in [0, 0.05) is 24.2 Å². The Kier molecular flexibility index (Phi) is 6.06. The van der Waals surface area contributed by atoms with E-state index >= 15 is 0 Å². The molecule has 1 aliphatic rings. The fourth-order valence-electron chi connectivity index (χ4n) is 3.85. The Bertz CT molecular complexity index is 540. The van der Waals surface area contributed by atoms with E-state index in [2.05, 4.69) is 85.1 Å². The monoisotopic (exact) mass is 322 g/mol. The molecule has 0 radical (unpaired) electrons. The van der Waals surface area contributed by atoms with Gasteiger partial charge in [0.15, 0.2) is 0 Å². The molecule has 3 rings (SSSR count). The summed E-state index contributed by atoms with van der Waals surface area (Å²) < 4.78 is 0. The average molecular weight is 322 g/mol. The summed E-state index contributed by atoms with van der Waals surface area (Å²) in [7, 11) is 0. The van der Waals surface area contributed by atoms with Crippen molar-refractivity contribution in [3.8, 4) is 0 Å². The van der Waals surface area contributed by atoms with Gasteiger partial charge in [-0.1, -0.05) is 73.5 Å². The molecule has 0 saturated heterocycles. The van der Waals surface area contributed by atoms with Gasteiger partial charge >= 0.3 is 0 Å². The fraction of sp³-hybridized carbons (Fsp3) is 0.455. The van der Waals surface area contributed by atoms with Crippen molar-refractivity contribution < 1.29 is 0 Å². The normalized spacial score (nSPS) is 23.6. The molecule has 0 amide bonds. The molecule has 1 saturated carbocycles. The van der Waals surface area contributed by atoms with Crippen LogP contribution in [0, 0.1) is 0 Å². The molecule has 2 unspecified atom stereocenters. The second-order valence-electron chi connectivity index (χ2n) is 7.10. The lowest BCUT2D eigenvalue weighted by atomic mass is 9.88. The standard InChI is InChI=1S/C22H30N2/c1-17(19-11-5-3-6-12-19)23-21-15-9-10-16-22(21)24-18(2)20-13-7-4-8-14-20/h3-8,11-14,17-18,21-24H,9-10,15-16H2,1-2H3/t17-,18?,21+,22?/m0/s1. The van der Waals surface area contributed by atoms with Crippen LogP contribution in [-0.4, -0.2) is 12.1 Å². The first-order valence-electron chi connectivity index (χ1n) is 9.36. The summed E-state index contributed by atoms with van der Waals surface area (Å²) in [5.41, 5.74) is 2.75. The predicted molar refractivity (Wildman–Crippen MR) is 102 cm³/mol. The Labute approximate surface area is 146 Å². The second kappa shape index (κ2) is 8.46.